The summed E-state index contributed by atoms with van der Waals surface area (Å²) in [6.07, 6.45) is 1.89. The molecule has 0 radical (unpaired) electrons. The van der Waals surface area contributed by atoms with Crippen molar-refractivity contribution in [1.29, 1.82) is 5.26 Å². The van der Waals surface area contributed by atoms with E-state index in [1.165, 1.54) is 0 Å². The monoisotopic (exact) mass is 189 g/mol. The molecule has 0 saturated carbocycles. The van der Waals surface area contributed by atoms with Gasteiger partial charge in [0.25, 0.3) is 0 Å². The highest BCUT2D eigenvalue weighted by molar-refractivity contribution is 7.07. The van der Waals surface area contributed by atoms with Crippen molar-refractivity contribution in [2.24, 2.45) is 0 Å². The van der Waals surface area contributed by atoms with Gasteiger partial charge in [0, 0.05) is 11.6 Å². The Bertz CT molecular complexity index is 422. The largest absolute Gasteiger partial charge is 0.333 e. The zero-order valence-electron chi connectivity index (χ0n) is 6.84. The van der Waals surface area contributed by atoms with E-state index < -0.39 is 0 Å². The van der Waals surface area contributed by atoms with E-state index in [0.29, 0.717) is 12.2 Å². The molecular weight excluding hydrogens is 182 g/mol. The molecule has 0 aliphatic rings. The van der Waals surface area contributed by atoms with E-state index in [-0.39, 0.29) is 0 Å². The molecule has 0 fully saturated rings. The fourth-order valence-corrected chi connectivity index (χ4v) is 1.69. The summed E-state index contributed by atoms with van der Waals surface area (Å²) >= 11 is 1.57. The topological polar surface area (TPSA) is 41.6 Å². The Morgan fingerprint density at radius 2 is 2.54 bits per heavy atom. The number of hydrogen-bond acceptors (Lipinski definition) is 3. The van der Waals surface area contributed by atoms with Crippen molar-refractivity contribution in [3.63, 3.8) is 0 Å². The number of rotatable bonds is 2. The predicted octanol–water partition coefficient (Wildman–Crippen LogP) is 1.86. The highest BCUT2D eigenvalue weighted by atomic mass is 32.1. The van der Waals surface area contributed by atoms with Gasteiger partial charge >= 0.3 is 0 Å². The zero-order chi connectivity index (χ0) is 9.10. The van der Waals surface area contributed by atoms with Gasteiger partial charge in [-0.05, 0) is 12.1 Å². The summed E-state index contributed by atoms with van der Waals surface area (Å²) in [5.74, 6) is 0. The SMILES string of the molecule is N#Cc1cccn1Cc1cscn1. The normalized spacial score (nSPS) is 9.77. The van der Waals surface area contributed by atoms with Crippen LogP contribution in [0.5, 0.6) is 0 Å². The van der Waals surface area contributed by atoms with E-state index in [1.54, 1.807) is 22.9 Å². The molecule has 2 aromatic rings. The molecule has 0 atom stereocenters. The Hall–Kier alpha value is -1.60. The van der Waals surface area contributed by atoms with Gasteiger partial charge < -0.3 is 4.57 Å². The molecule has 0 amide bonds. The lowest BCUT2D eigenvalue weighted by Gasteiger charge is -2.00. The lowest BCUT2D eigenvalue weighted by molar-refractivity contribution is 0.775. The first-order valence-corrected chi connectivity index (χ1v) is 4.77. The van der Waals surface area contributed by atoms with Crippen molar-refractivity contribution < 1.29 is 0 Å². The smallest absolute Gasteiger partial charge is 0.120 e. The van der Waals surface area contributed by atoms with E-state index in [4.69, 9.17) is 5.26 Å². The molecule has 2 aromatic heterocycles. The predicted molar refractivity (Wildman–Crippen MR) is 50.4 cm³/mol. The second kappa shape index (κ2) is 3.42. The molecule has 0 saturated heterocycles. The van der Waals surface area contributed by atoms with Gasteiger partial charge in [-0.15, -0.1) is 11.3 Å². The van der Waals surface area contributed by atoms with Crippen LogP contribution in [-0.4, -0.2) is 9.55 Å². The van der Waals surface area contributed by atoms with Crippen molar-refractivity contribution in [2.75, 3.05) is 0 Å². The molecule has 64 valence electrons. The molecule has 2 rings (SSSR count). The number of nitriles is 1. The third-order valence-corrected chi connectivity index (χ3v) is 2.40. The van der Waals surface area contributed by atoms with Crippen LogP contribution in [0.1, 0.15) is 11.4 Å². The zero-order valence-corrected chi connectivity index (χ0v) is 7.66. The fourth-order valence-electron chi connectivity index (χ4n) is 1.14. The Labute approximate surface area is 79.9 Å². The maximum Gasteiger partial charge on any atom is 0.120 e. The van der Waals surface area contributed by atoms with Gasteiger partial charge in [-0.2, -0.15) is 5.26 Å². The van der Waals surface area contributed by atoms with Gasteiger partial charge in [-0.25, -0.2) is 4.98 Å². The molecule has 3 nitrogen and oxygen atoms in total. The maximum atomic E-state index is 8.75. The lowest BCUT2D eigenvalue weighted by atomic mass is 10.4. The second-order valence-electron chi connectivity index (χ2n) is 2.61. The highest BCUT2D eigenvalue weighted by Gasteiger charge is 2.00. The van der Waals surface area contributed by atoms with Crippen molar-refractivity contribution in [1.82, 2.24) is 9.55 Å². The molecule has 0 aliphatic carbocycles. The van der Waals surface area contributed by atoms with E-state index >= 15 is 0 Å². The number of thiazole rings is 1. The molecule has 0 spiro atoms. The first-order valence-electron chi connectivity index (χ1n) is 3.82. The lowest BCUT2D eigenvalue weighted by Crippen LogP contribution is -2.00. The molecule has 0 N–H and O–H groups in total. The van der Waals surface area contributed by atoms with Gasteiger partial charge in [0.15, 0.2) is 0 Å². The molecule has 0 aromatic carbocycles. The highest BCUT2D eigenvalue weighted by Crippen LogP contribution is 2.07. The van der Waals surface area contributed by atoms with Crippen LogP contribution < -0.4 is 0 Å². The summed E-state index contributed by atoms with van der Waals surface area (Å²) in [5, 5.41) is 10.7. The van der Waals surface area contributed by atoms with Crippen molar-refractivity contribution >= 4 is 11.3 Å². The van der Waals surface area contributed by atoms with Crippen LogP contribution in [0.4, 0.5) is 0 Å². The average molecular weight is 189 g/mol. The standard InChI is InChI=1S/C9H7N3S/c10-4-9-2-1-3-12(9)5-8-6-13-7-11-8/h1-3,6-7H,5H2. The number of hydrogen-bond donors (Lipinski definition) is 0. The van der Waals surface area contributed by atoms with E-state index in [0.717, 1.165) is 5.69 Å². The van der Waals surface area contributed by atoms with Crippen LogP contribution in [-0.2, 0) is 6.54 Å². The molecule has 0 aliphatic heterocycles. The van der Waals surface area contributed by atoms with E-state index in [2.05, 4.69) is 11.1 Å². The van der Waals surface area contributed by atoms with Gasteiger partial charge in [-0.3, -0.25) is 0 Å². The molecule has 0 bridgehead atoms. The molecule has 4 heteroatoms. The quantitative estimate of drug-likeness (QED) is 0.723. The Kier molecular flexibility index (Phi) is 2.11. The first kappa shape index (κ1) is 8.02. The van der Waals surface area contributed by atoms with Gasteiger partial charge in [0.2, 0.25) is 0 Å². The maximum absolute atomic E-state index is 8.75. The third kappa shape index (κ3) is 1.60. The minimum Gasteiger partial charge on any atom is -0.333 e. The van der Waals surface area contributed by atoms with Crippen LogP contribution in [0, 0.1) is 11.3 Å². The van der Waals surface area contributed by atoms with Crippen molar-refractivity contribution in [3.8, 4) is 6.07 Å². The molecule has 13 heavy (non-hydrogen) atoms. The fraction of sp³-hybridized carbons (Fsp3) is 0.111. The van der Waals surface area contributed by atoms with Gasteiger partial charge in [0.1, 0.15) is 11.8 Å². The average Bonchev–Trinajstić information content (AvgIpc) is 2.76. The summed E-state index contributed by atoms with van der Waals surface area (Å²) in [6.45, 7) is 0.680. The summed E-state index contributed by atoms with van der Waals surface area (Å²) in [4.78, 5) is 4.15. The van der Waals surface area contributed by atoms with Crippen molar-refractivity contribution in [3.05, 3.63) is 40.6 Å². The number of aromatic nitrogens is 2. The summed E-state index contributed by atoms with van der Waals surface area (Å²) in [5.41, 5.74) is 3.47. The minimum absolute atomic E-state index is 0.674. The van der Waals surface area contributed by atoms with Crippen LogP contribution in [0.3, 0.4) is 0 Å². The minimum atomic E-state index is 0.674. The Morgan fingerprint density at radius 1 is 1.62 bits per heavy atom. The summed E-state index contributed by atoms with van der Waals surface area (Å²) in [7, 11) is 0. The third-order valence-electron chi connectivity index (χ3n) is 1.76. The van der Waals surface area contributed by atoms with Crippen LogP contribution >= 0.6 is 11.3 Å². The number of nitrogens with zero attached hydrogens (tertiary/aromatic N) is 3. The summed E-state index contributed by atoms with van der Waals surface area (Å²) < 4.78 is 1.88. The van der Waals surface area contributed by atoms with Crippen molar-refractivity contribution in [2.45, 2.75) is 6.54 Å². The second-order valence-corrected chi connectivity index (χ2v) is 3.33. The first-order chi connectivity index (χ1) is 6.40. The van der Waals surface area contributed by atoms with Gasteiger partial charge in [0.05, 0.1) is 17.7 Å². The Balaban J connectivity index is 2.24. The van der Waals surface area contributed by atoms with Crippen LogP contribution in [0.15, 0.2) is 29.2 Å². The van der Waals surface area contributed by atoms with E-state index in [1.807, 2.05) is 22.2 Å². The molecule has 0 unspecified atom stereocenters. The van der Waals surface area contributed by atoms with E-state index in [9.17, 15) is 0 Å². The Morgan fingerprint density at radius 3 is 3.23 bits per heavy atom. The van der Waals surface area contributed by atoms with Crippen LogP contribution in [0.2, 0.25) is 0 Å². The summed E-state index contributed by atoms with van der Waals surface area (Å²) in [6, 6.07) is 5.79. The van der Waals surface area contributed by atoms with Gasteiger partial charge in [-0.1, -0.05) is 0 Å². The van der Waals surface area contributed by atoms with Crippen LogP contribution in [0.25, 0.3) is 0 Å². The molecule has 2 heterocycles. The molecular formula is C9H7N3S.